The number of halogens is 3. The zero-order chi connectivity index (χ0) is 21.9. The summed E-state index contributed by atoms with van der Waals surface area (Å²) in [6, 6.07) is 10.5. The van der Waals surface area contributed by atoms with E-state index in [2.05, 4.69) is 10.1 Å². The van der Waals surface area contributed by atoms with Crippen LogP contribution in [0.2, 0.25) is 0 Å². The monoisotopic (exact) mass is 422 g/mol. The van der Waals surface area contributed by atoms with Gasteiger partial charge in [-0.15, -0.1) is 13.2 Å². The summed E-state index contributed by atoms with van der Waals surface area (Å²) >= 11 is 0. The second-order valence-corrected chi connectivity index (χ2v) is 6.56. The van der Waals surface area contributed by atoms with Gasteiger partial charge in [-0.05, 0) is 49.0 Å². The van der Waals surface area contributed by atoms with Crippen LogP contribution in [-0.2, 0) is 11.3 Å². The fraction of sp³-hybridized carbons (Fsp3) is 0.200. The topological polar surface area (TPSA) is 92.0 Å². The average molecular weight is 422 g/mol. The number of nitrogens with one attached hydrogen (secondary N) is 1. The van der Waals surface area contributed by atoms with Gasteiger partial charge in [0.05, 0.1) is 6.54 Å². The molecule has 0 bridgehead atoms. The Morgan fingerprint density at radius 3 is 2.53 bits per heavy atom. The molecule has 0 aliphatic carbocycles. The van der Waals surface area contributed by atoms with Gasteiger partial charge in [0.25, 0.3) is 0 Å². The van der Waals surface area contributed by atoms with Crippen LogP contribution in [0.5, 0.6) is 11.5 Å². The Balaban J connectivity index is 1.63. The zero-order valence-electron chi connectivity index (χ0n) is 15.7. The number of hydrogen-bond donors (Lipinski definition) is 2. The first-order valence-corrected chi connectivity index (χ1v) is 8.69. The van der Waals surface area contributed by atoms with Crippen LogP contribution in [0.1, 0.15) is 5.56 Å². The van der Waals surface area contributed by atoms with Gasteiger partial charge in [0.15, 0.2) is 0 Å². The molecule has 1 aromatic heterocycles. The molecule has 0 atom stereocenters. The molecular weight excluding hydrogens is 405 g/mol. The van der Waals surface area contributed by atoms with E-state index >= 15 is 0 Å². The quantitative estimate of drug-likeness (QED) is 0.591. The van der Waals surface area contributed by atoms with Crippen molar-refractivity contribution in [3.63, 3.8) is 0 Å². The molecule has 30 heavy (non-hydrogen) atoms. The molecule has 10 heteroatoms. The minimum Gasteiger partial charge on any atom is -0.508 e. The zero-order valence-corrected chi connectivity index (χ0v) is 15.7. The van der Waals surface area contributed by atoms with Crippen molar-refractivity contribution in [2.24, 2.45) is 0 Å². The molecule has 2 N–H and O–H groups in total. The minimum absolute atomic E-state index is 0.0396. The third-order valence-corrected chi connectivity index (χ3v) is 4.04. The number of carbonyl (C=O) groups is 1. The predicted octanol–water partition coefficient (Wildman–Crippen LogP) is 3.47. The number of phenols is 1. The van der Waals surface area contributed by atoms with E-state index in [9.17, 15) is 27.9 Å². The van der Waals surface area contributed by atoms with Crippen molar-refractivity contribution in [2.75, 3.05) is 18.9 Å². The third kappa shape index (κ3) is 5.74. The Bertz CT molecular complexity index is 1110. The van der Waals surface area contributed by atoms with Crippen LogP contribution in [0.25, 0.3) is 11.0 Å². The number of carbonyl (C=O) groups excluding carboxylic acids is 1. The number of aromatic hydroxyl groups is 1. The molecule has 0 aliphatic rings. The summed E-state index contributed by atoms with van der Waals surface area (Å²) in [6.07, 6.45) is -4.79. The minimum atomic E-state index is -4.79. The SMILES string of the molecule is CN(CC(=O)Nc1ccc(OC(F)(F)F)cc1)Cc1cc(=O)oc2cc(O)ccc12. The van der Waals surface area contributed by atoms with Gasteiger partial charge < -0.3 is 19.6 Å². The normalized spacial score (nSPS) is 11.6. The van der Waals surface area contributed by atoms with Crippen molar-refractivity contribution in [1.82, 2.24) is 4.90 Å². The number of fused-ring (bicyclic) bond motifs is 1. The van der Waals surface area contributed by atoms with Crippen LogP contribution in [0, 0.1) is 0 Å². The molecule has 1 heterocycles. The third-order valence-electron chi connectivity index (χ3n) is 4.04. The van der Waals surface area contributed by atoms with Gasteiger partial charge in [0.2, 0.25) is 5.91 Å². The number of phenolic OH excluding ortho intramolecular Hbond substituents is 1. The second-order valence-electron chi connectivity index (χ2n) is 6.56. The second kappa shape index (κ2) is 8.46. The molecule has 1 amide bonds. The first-order chi connectivity index (χ1) is 14.1. The van der Waals surface area contributed by atoms with Crippen LogP contribution in [0.4, 0.5) is 18.9 Å². The Morgan fingerprint density at radius 2 is 1.87 bits per heavy atom. The fourth-order valence-corrected chi connectivity index (χ4v) is 2.88. The Hall–Kier alpha value is -3.53. The van der Waals surface area contributed by atoms with Crippen molar-refractivity contribution in [3.8, 4) is 11.5 Å². The van der Waals surface area contributed by atoms with Crippen LogP contribution in [0.15, 0.2) is 57.7 Å². The van der Waals surface area contributed by atoms with Gasteiger partial charge in [-0.3, -0.25) is 9.69 Å². The summed E-state index contributed by atoms with van der Waals surface area (Å²) in [5.41, 5.74) is 0.577. The van der Waals surface area contributed by atoms with Crippen molar-refractivity contribution < 1.29 is 32.2 Å². The molecule has 2 aromatic carbocycles. The van der Waals surface area contributed by atoms with Crippen molar-refractivity contribution in [2.45, 2.75) is 12.9 Å². The Kier molecular flexibility index (Phi) is 5.97. The number of rotatable bonds is 6. The molecule has 0 saturated carbocycles. The molecule has 7 nitrogen and oxygen atoms in total. The van der Waals surface area contributed by atoms with Crippen molar-refractivity contribution in [1.29, 1.82) is 0 Å². The van der Waals surface area contributed by atoms with E-state index in [1.165, 1.54) is 30.3 Å². The van der Waals surface area contributed by atoms with Crippen LogP contribution >= 0.6 is 0 Å². The fourth-order valence-electron chi connectivity index (χ4n) is 2.88. The van der Waals surface area contributed by atoms with Gasteiger partial charge in [-0.2, -0.15) is 0 Å². The van der Waals surface area contributed by atoms with Crippen molar-refractivity contribution >= 4 is 22.6 Å². The number of amides is 1. The molecule has 3 rings (SSSR count). The molecule has 0 unspecified atom stereocenters. The number of ether oxygens (including phenoxy) is 1. The lowest BCUT2D eigenvalue weighted by atomic mass is 10.1. The van der Waals surface area contributed by atoms with E-state index in [1.807, 2.05) is 0 Å². The summed E-state index contributed by atoms with van der Waals surface area (Å²) in [5.74, 6) is -0.826. The highest BCUT2D eigenvalue weighted by Gasteiger charge is 2.30. The molecule has 0 saturated heterocycles. The molecule has 158 valence electrons. The van der Waals surface area contributed by atoms with E-state index in [-0.39, 0.29) is 24.4 Å². The van der Waals surface area contributed by atoms with Crippen LogP contribution < -0.4 is 15.7 Å². The number of alkyl halides is 3. The lowest BCUT2D eigenvalue weighted by Gasteiger charge is -2.17. The molecular formula is C20H17F3N2O5. The molecule has 3 aromatic rings. The van der Waals surface area contributed by atoms with Gasteiger partial charge in [-0.1, -0.05) is 0 Å². The molecule has 0 fully saturated rings. The maximum atomic E-state index is 12.2. The largest absolute Gasteiger partial charge is 0.573 e. The van der Waals surface area contributed by atoms with Gasteiger partial charge in [-0.25, -0.2) is 4.79 Å². The maximum absolute atomic E-state index is 12.2. The summed E-state index contributed by atoms with van der Waals surface area (Å²) in [4.78, 5) is 25.6. The molecule has 0 spiro atoms. The predicted molar refractivity (Wildman–Crippen MR) is 102 cm³/mol. The lowest BCUT2D eigenvalue weighted by Crippen LogP contribution is -2.30. The maximum Gasteiger partial charge on any atom is 0.573 e. The highest BCUT2D eigenvalue weighted by molar-refractivity contribution is 5.92. The van der Waals surface area contributed by atoms with E-state index in [0.29, 0.717) is 16.6 Å². The van der Waals surface area contributed by atoms with E-state index < -0.39 is 23.6 Å². The smallest absolute Gasteiger partial charge is 0.508 e. The summed E-state index contributed by atoms with van der Waals surface area (Å²) < 4.78 is 45.4. The number of likely N-dealkylation sites (N-methyl/N-ethyl adjacent to an activating group) is 1. The number of anilines is 1. The Labute approximate surface area is 168 Å². The number of hydrogen-bond acceptors (Lipinski definition) is 6. The van der Waals surface area contributed by atoms with Gasteiger partial charge in [0.1, 0.15) is 17.1 Å². The van der Waals surface area contributed by atoms with Crippen molar-refractivity contribution in [3.05, 3.63) is 64.5 Å². The average Bonchev–Trinajstić information content (AvgIpc) is 2.61. The van der Waals surface area contributed by atoms with Crippen LogP contribution in [-0.4, -0.2) is 35.9 Å². The Morgan fingerprint density at radius 1 is 1.17 bits per heavy atom. The number of benzene rings is 2. The number of nitrogens with zero attached hydrogens (tertiary/aromatic N) is 1. The highest BCUT2D eigenvalue weighted by atomic mass is 19.4. The summed E-state index contributed by atoms with van der Waals surface area (Å²) in [7, 11) is 1.67. The van der Waals surface area contributed by atoms with Crippen LogP contribution in [0.3, 0.4) is 0 Å². The summed E-state index contributed by atoms with van der Waals surface area (Å²) in [5, 5.41) is 12.7. The van der Waals surface area contributed by atoms with Gasteiger partial charge in [0, 0.05) is 29.8 Å². The highest BCUT2D eigenvalue weighted by Crippen LogP contribution is 2.24. The lowest BCUT2D eigenvalue weighted by molar-refractivity contribution is -0.274. The van der Waals surface area contributed by atoms with E-state index in [1.54, 1.807) is 18.0 Å². The van der Waals surface area contributed by atoms with E-state index in [4.69, 9.17) is 4.42 Å². The molecule has 0 radical (unpaired) electrons. The summed E-state index contributed by atoms with van der Waals surface area (Å²) in [6.45, 7) is 0.208. The first kappa shape index (κ1) is 21.2. The first-order valence-electron chi connectivity index (χ1n) is 8.69. The van der Waals surface area contributed by atoms with E-state index in [0.717, 1.165) is 12.1 Å². The van der Waals surface area contributed by atoms with Gasteiger partial charge >= 0.3 is 12.0 Å². The standard InChI is InChI=1S/C20H17F3N2O5/c1-25(10-12-8-19(28)29-17-9-14(26)4-7-16(12)17)11-18(27)24-13-2-5-15(6-3-13)30-20(21,22)23/h2-9,26H,10-11H2,1H3,(H,24,27). The molecule has 0 aliphatic heterocycles.